The highest BCUT2D eigenvalue weighted by molar-refractivity contribution is 5.73. The molecule has 1 aromatic heterocycles. The van der Waals surface area contributed by atoms with Crippen molar-refractivity contribution in [2.24, 2.45) is 0 Å². The van der Waals surface area contributed by atoms with E-state index in [0.717, 1.165) is 54.9 Å². The van der Waals surface area contributed by atoms with Crippen LogP contribution in [0.1, 0.15) is 54.7 Å². The number of phenols is 1. The molecule has 2 N–H and O–H groups in total. The van der Waals surface area contributed by atoms with Gasteiger partial charge in [-0.1, -0.05) is 6.07 Å². The van der Waals surface area contributed by atoms with Crippen molar-refractivity contribution in [2.75, 3.05) is 18.5 Å². The van der Waals surface area contributed by atoms with Gasteiger partial charge in [0.1, 0.15) is 11.4 Å². The molecule has 1 spiro atoms. The Bertz CT molecular complexity index is 931. The SMILES string of the molecule is Oc1cc(C2CC2)ccc1-c1nnc(N[C@@H]2CCOC2)c2c1CC1(CC1)OC2. The predicted octanol–water partition coefficient (Wildman–Crippen LogP) is 3.53. The summed E-state index contributed by atoms with van der Waals surface area (Å²) in [5.74, 6) is 1.73. The summed E-state index contributed by atoms with van der Waals surface area (Å²) in [4.78, 5) is 0. The van der Waals surface area contributed by atoms with Gasteiger partial charge in [-0.05, 0) is 61.3 Å². The second-order valence-electron chi connectivity index (χ2n) is 8.76. The number of ether oxygens (including phenoxy) is 2. The molecular weight excluding hydrogens is 354 g/mol. The number of phenolic OH excluding ortho intramolecular Hbond substituents is 1. The maximum atomic E-state index is 10.7. The Labute approximate surface area is 164 Å². The summed E-state index contributed by atoms with van der Waals surface area (Å²) in [6, 6.07) is 6.33. The van der Waals surface area contributed by atoms with Gasteiger partial charge in [-0.15, -0.1) is 10.2 Å². The van der Waals surface area contributed by atoms with E-state index < -0.39 is 0 Å². The van der Waals surface area contributed by atoms with Gasteiger partial charge in [0, 0.05) is 24.2 Å². The van der Waals surface area contributed by atoms with Crippen LogP contribution in [0.5, 0.6) is 5.75 Å². The third-order valence-electron chi connectivity index (χ3n) is 6.61. The number of anilines is 1. The second-order valence-corrected chi connectivity index (χ2v) is 8.76. The fraction of sp³-hybridized carbons (Fsp3) is 0.545. The van der Waals surface area contributed by atoms with E-state index in [0.29, 0.717) is 24.9 Å². The highest BCUT2D eigenvalue weighted by atomic mass is 16.5. The highest BCUT2D eigenvalue weighted by Gasteiger charge is 2.48. The van der Waals surface area contributed by atoms with Crippen LogP contribution in [-0.2, 0) is 22.5 Å². The number of hydrogen-bond donors (Lipinski definition) is 2. The zero-order chi connectivity index (χ0) is 18.7. The topological polar surface area (TPSA) is 76.5 Å². The number of fused-ring (bicyclic) bond motifs is 1. The molecule has 2 aliphatic heterocycles. The molecule has 6 heteroatoms. The fourth-order valence-electron chi connectivity index (χ4n) is 4.51. The molecular formula is C22H25N3O3. The summed E-state index contributed by atoms with van der Waals surface area (Å²) < 4.78 is 11.7. The number of benzene rings is 1. The maximum absolute atomic E-state index is 10.7. The molecule has 6 nitrogen and oxygen atoms in total. The van der Waals surface area contributed by atoms with Crippen molar-refractivity contribution in [3.8, 4) is 17.0 Å². The minimum Gasteiger partial charge on any atom is -0.507 e. The third-order valence-corrected chi connectivity index (χ3v) is 6.61. The molecule has 28 heavy (non-hydrogen) atoms. The maximum Gasteiger partial charge on any atom is 0.154 e. The van der Waals surface area contributed by atoms with E-state index in [9.17, 15) is 5.11 Å². The van der Waals surface area contributed by atoms with Crippen LogP contribution in [0.4, 0.5) is 5.82 Å². The molecule has 0 radical (unpaired) electrons. The largest absolute Gasteiger partial charge is 0.507 e. The van der Waals surface area contributed by atoms with Crippen LogP contribution in [-0.4, -0.2) is 40.2 Å². The Morgan fingerprint density at radius 3 is 2.71 bits per heavy atom. The van der Waals surface area contributed by atoms with Gasteiger partial charge < -0.3 is 19.9 Å². The molecule has 0 amide bonds. The predicted molar refractivity (Wildman–Crippen MR) is 104 cm³/mol. The minimum atomic E-state index is -0.0257. The lowest BCUT2D eigenvalue weighted by Crippen LogP contribution is -2.28. The van der Waals surface area contributed by atoms with Crippen molar-refractivity contribution in [1.29, 1.82) is 0 Å². The van der Waals surface area contributed by atoms with Crippen molar-refractivity contribution >= 4 is 5.82 Å². The lowest BCUT2D eigenvalue weighted by Gasteiger charge is -2.28. The van der Waals surface area contributed by atoms with Gasteiger partial charge in [0.25, 0.3) is 0 Å². The van der Waals surface area contributed by atoms with E-state index in [1.165, 1.54) is 24.0 Å². The number of aromatic nitrogens is 2. The van der Waals surface area contributed by atoms with Crippen molar-refractivity contribution in [3.63, 3.8) is 0 Å². The smallest absolute Gasteiger partial charge is 0.154 e. The Kier molecular flexibility index (Phi) is 3.68. The number of rotatable bonds is 4. The number of nitrogens with one attached hydrogen (secondary N) is 1. The molecule has 1 aromatic carbocycles. The lowest BCUT2D eigenvalue weighted by molar-refractivity contribution is 0.00832. The molecule has 1 atom stereocenters. The number of nitrogens with zero attached hydrogens (tertiary/aromatic N) is 2. The fourth-order valence-corrected chi connectivity index (χ4v) is 4.51. The zero-order valence-corrected chi connectivity index (χ0v) is 15.9. The monoisotopic (exact) mass is 379 g/mol. The summed E-state index contributed by atoms with van der Waals surface area (Å²) in [6.07, 6.45) is 6.46. The van der Waals surface area contributed by atoms with E-state index in [2.05, 4.69) is 21.6 Å². The van der Waals surface area contributed by atoms with Crippen LogP contribution in [0, 0.1) is 0 Å². The second kappa shape index (κ2) is 6.16. The summed E-state index contributed by atoms with van der Waals surface area (Å²) in [5.41, 5.74) is 5.04. The van der Waals surface area contributed by atoms with Gasteiger partial charge in [-0.2, -0.15) is 0 Å². The number of aromatic hydroxyl groups is 1. The third kappa shape index (κ3) is 2.86. The standard InChI is InChI=1S/C22H25N3O3/c26-19-9-14(13-1-2-13)3-4-16(19)20-17-10-22(6-7-22)28-12-18(17)21(25-24-20)23-15-5-8-27-11-15/h3-4,9,13,15,26H,1-2,5-8,10-12H2,(H,23,25)/t15-/m1/s1. The van der Waals surface area contributed by atoms with Gasteiger partial charge in [0.2, 0.25) is 0 Å². The Morgan fingerprint density at radius 2 is 2.00 bits per heavy atom. The van der Waals surface area contributed by atoms with Gasteiger partial charge in [0.05, 0.1) is 24.9 Å². The van der Waals surface area contributed by atoms with Gasteiger partial charge >= 0.3 is 0 Å². The molecule has 2 aromatic rings. The highest BCUT2D eigenvalue weighted by Crippen LogP contribution is 2.50. The average molecular weight is 379 g/mol. The van der Waals surface area contributed by atoms with Gasteiger partial charge in [-0.3, -0.25) is 0 Å². The van der Waals surface area contributed by atoms with E-state index >= 15 is 0 Å². The van der Waals surface area contributed by atoms with Crippen LogP contribution in [0.25, 0.3) is 11.3 Å². The summed E-state index contributed by atoms with van der Waals surface area (Å²) in [6.45, 7) is 2.04. The van der Waals surface area contributed by atoms with Crippen LogP contribution in [0.3, 0.4) is 0 Å². The minimum absolute atomic E-state index is 0.0257. The van der Waals surface area contributed by atoms with Crippen molar-refractivity contribution in [2.45, 2.75) is 62.7 Å². The van der Waals surface area contributed by atoms with E-state index in [1.807, 2.05) is 12.1 Å². The van der Waals surface area contributed by atoms with Crippen molar-refractivity contribution < 1.29 is 14.6 Å². The Hall–Kier alpha value is -2.18. The zero-order valence-electron chi connectivity index (χ0n) is 15.9. The summed E-state index contributed by atoms with van der Waals surface area (Å²) >= 11 is 0. The van der Waals surface area contributed by atoms with Crippen LogP contribution in [0.15, 0.2) is 18.2 Å². The first-order valence-electron chi connectivity index (χ1n) is 10.4. The van der Waals surface area contributed by atoms with E-state index in [1.54, 1.807) is 0 Å². The quantitative estimate of drug-likeness (QED) is 0.846. The molecule has 6 rings (SSSR count). The molecule has 0 bridgehead atoms. The molecule has 2 saturated carbocycles. The molecule has 3 heterocycles. The molecule has 146 valence electrons. The van der Waals surface area contributed by atoms with Crippen LogP contribution < -0.4 is 5.32 Å². The average Bonchev–Trinajstić information content (AvgIpc) is 3.63. The van der Waals surface area contributed by atoms with E-state index in [-0.39, 0.29) is 11.6 Å². The first-order valence-corrected chi connectivity index (χ1v) is 10.4. The molecule has 0 unspecified atom stereocenters. The molecule has 4 aliphatic rings. The first kappa shape index (κ1) is 16.7. The Balaban J connectivity index is 1.41. The van der Waals surface area contributed by atoms with E-state index in [4.69, 9.17) is 9.47 Å². The Morgan fingerprint density at radius 1 is 1.11 bits per heavy atom. The molecule has 2 aliphatic carbocycles. The first-order chi connectivity index (χ1) is 13.7. The van der Waals surface area contributed by atoms with Crippen molar-refractivity contribution in [1.82, 2.24) is 10.2 Å². The summed E-state index contributed by atoms with van der Waals surface area (Å²) in [5, 5.41) is 23.3. The van der Waals surface area contributed by atoms with Gasteiger partial charge in [-0.25, -0.2) is 0 Å². The summed E-state index contributed by atoms with van der Waals surface area (Å²) in [7, 11) is 0. The van der Waals surface area contributed by atoms with Crippen molar-refractivity contribution in [3.05, 3.63) is 34.9 Å². The lowest BCUT2D eigenvalue weighted by atomic mass is 9.92. The normalized spacial score (nSPS) is 24.9. The van der Waals surface area contributed by atoms with Crippen LogP contribution >= 0.6 is 0 Å². The molecule has 3 fully saturated rings. The van der Waals surface area contributed by atoms with Gasteiger partial charge in [0.15, 0.2) is 5.82 Å². The van der Waals surface area contributed by atoms with Crippen LogP contribution in [0.2, 0.25) is 0 Å². The molecule has 1 saturated heterocycles. The number of hydrogen-bond acceptors (Lipinski definition) is 6.